The Kier molecular flexibility index (Phi) is 2.69. The Morgan fingerprint density at radius 2 is 2.20 bits per heavy atom. The summed E-state index contributed by atoms with van der Waals surface area (Å²) >= 11 is 0. The van der Waals surface area contributed by atoms with Crippen LogP contribution in [-0.2, 0) is 9.47 Å². The molecule has 0 aromatic rings. The van der Waals surface area contributed by atoms with Crippen molar-refractivity contribution in [2.24, 2.45) is 5.92 Å². The summed E-state index contributed by atoms with van der Waals surface area (Å²) in [6, 6.07) is 0. The molecule has 0 N–H and O–H groups in total. The van der Waals surface area contributed by atoms with Crippen molar-refractivity contribution in [3.05, 3.63) is 0 Å². The molecule has 0 aromatic carbocycles. The Labute approximate surface area is 62.5 Å². The first-order chi connectivity index (χ1) is 4.74. The minimum absolute atomic E-state index is 0.0624. The van der Waals surface area contributed by atoms with Gasteiger partial charge in [-0.1, -0.05) is 20.8 Å². The molecule has 0 amide bonds. The maximum Gasteiger partial charge on any atom is 0.157 e. The van der Waals surface area contributed by atoms with Crippen LogP contribution in [0.3, 0.4) is 0 Å². The third kappa shape index (κ3) is 1.70. The van der Waals surface area contributed by atoms with E-state index in [0.717, 1.165) is 13.0 Å². The smallest absolute Gasteiger partial charge is 0.157 e. The summed E-state index contributed by atoms with van der Waals surface area (Å²) in [5.74, 6) is 0.580. The second-order valence-electron chi connectivity index (χ2n) is 3.09. The van der Waals surface area contributed by atoms with Crippen LogP contribution in [0.2, 0.25) is 0 Å². The van der Waals surface area contributed by atoms with Crippen molar-refractivity contribution in [3.8, 4) is 0 Å². The molecule has 0 aromatic heterocycles. The molecule has 1 heterocycles. The molecule has 0 spiro atoms. The lowest BCUT2D eigenvalue weighted by Crippen LogP contribution is -2.18. The van der Waals surface area contributed by atoms with Gasteiger partial charge >= 0.3 is 0 Å². The van der Waals surface area contributed by atoms with E-state index < -0.39 is 0 Å². The van der Waals surface area contributed by atoms with Crippen molar-refractivity contribution in [1.29, 1.82) is 0 Å². The van der Waals surface area contributed by atoms with Crippen molar-refractivity contribution in [3.63, 3.8) is 0 Å². The number of ether oxygens (including phenoxy) is 2. The van der Waals surface area contributed by atoms with Crippen molar-refractivity contribution in [1.82, 2.24) is 0 Å². The van der Waals surface area contributed by atoms with Crippen LogP contribution in [0, 0.1) is 5.92 Å². The summed E-state index contributed by atoms with van der Waals surface area (Å²) in [7, 11) is 0. The molecule has 2 heteroatoms. The van der Waals surface area contributed by atoms with Gasteiger partial charge in [-0.2, -0.15) is 0 Å². The highest BCUT2D eigenvalue weighted by Crippen LogP contribution is 2.19. The maximum atomic E-state index is 5.55. The molecule has 1 aliphatic rings. The van der Waals surface area contributed by atoms with Crippen molar-refractivity contribution in [2.75, 3.05) is 6.61 Å². The standard InChI is InChI=1S/C8H16O2/c1-4-8-9-5-7(10-8)6(2)3/h6-8H,4-5H2,1-3H3. The van der Waals surface area contributed by atoms with Gasteiger partial charge in [0, 0.05) is 0 Å². The van der Waals surface area contributed by atoms with Crippen LogP contribution in [-0.4, -0.2) is 19.0 Å². The fourth-order valence-corrected chi connectivity index (χ4v) is 1.04. The third-order valence-electron chi connectivity index (χ3n) is 1.85. The molecule has 60 valence electrons. The molecule has 2 atom stereocenters. The Hall–Kier alpha value is -0.0800. The number of hydrogen-bond donors (Lipinski definition) is 0. The van der Waals surface area contributed by atoms with E-state index in [4.69, 9.17) is 9.47 Å². The van der Waals surface area contributed by atoms with E-state index in [1.165, 1.54) is 0 Å². The second kappa shape index (κ2) is 3.35. The van der Waals surface area contributed by atoms with Gasteiger partial charge in [-0.3, -0.25) is 0 Å². The average Bonchev–Trinajstić information content (AvgIpc) is 2.34. The van der Waals surface area contributed by atoms with Gasteiger partial charge < -0.3 is 9.47 Å². The van der Waals surface area contributed by atoms with Gasteiger partial charge in [0.25, 0.3) is 0 Å². The fourth-order valence-electron chi connectivity index (χ4n) is 1.04. The predicted molar refractivity (Wildman–Crippen MR) is 39.7 cm³/mol. The van der Waals surface area contributed by atoms with Crippen molar-refractivity contribution < 1.29 is 9.47 Å². The first-order valence-corrected chi connectivity index (χ1v) is 4.01. The first kappa shape index (κ1) is 8.02. The van der Waals surface area contributed by atoms with Gasteiger partial charge in [0.1, 0.15) is 0 Å². The summed E-state index contributed by atoms with van der Waals surface area (Å²) in [5.41, 5.74) is 0. The zero-order valence-electron chi connectivity index (χ0n) is 6.96. The second-order valence-corrected chi connectivity index (χ2v) is 3.09. The Morgan fingerprint density at radius 3 is 2.50 bits per heavy atom. The molecule has 1 fully saturated rings. The number of hydrogen-bond acceptors (Lipinski definition) is 2. The topological polar surface area (TPSA) is 18.5 Å². The molecule has 0 radical (unpaired) electrons. The van der Waals surface area contributed by atoms with E-state index in [-0.39, 0.29) is 6.29 Å². The molecule has 2 nitrogen and oxygen atoms in total. The van der Waals surface area contributed by atoms with Crippen LogP contribution >= 0.6 is 0 Å². The van der Waals surface area contributed by atoms with Crippen LogP contribution < -0.4 is 0 Å². The van der Waals surface area contributed by atoms with Gasteiger partial charge in [-0.15, -0.1) is 0 Å². The highest BCUT2D eigenvalue weighted by molar-refractivity contribution is 4.67. The SMILES string of the molecule is CCC1OCC(C(C)C)O1. The Morgan fingerprint density at radius 1 is 1.50 bits per heavy atom. The monoisotopic (exact) mass is 144 g/mol. The summed E-state index contributed by atoms with van der Waals surface area (Å²) in [6.45, 7) is 7.17. The van der Waals surface area contributed by atoms with Crippen LogP contribution in [0.25, 0.3) is 0 Å². The van der Waals surface area contributed by atoms with Gasteiger partial charge in [0.05, 0.1) is 12.7 Å². The quantitative estimate of drug-likeness (QED) is 0.588. The van der Waals surface area contributed by atoms with Crippen LogP contribution in [0.15, 0.2) is 0 Å². The molecule has 1 rings (SSSR count). The summed E-state index contributed by atoms with van der Waals surface area (Å²) in [6.07, 6.45) is 1.35. The lowest BCUT2D eigenvalue weighted by Gasteiger charge is -2.12. The van der Waals surface area contributed by atoms with Gasteiger partial charge in [0.15, 0.2) is 6.29 Å². The molecule has 0 bridgehead atoms. The largest absolute Gasteiger partial charge is 0.350 e. The fraction of sp³-hybridized carbons (Fsp3) is 1.00. The molecule has 1 aliphatic heterocycles. The van der Waals surface area contributed by atoms with Crippen LogP contribution in [0.5, 0.6) is 0 Å². The molecular weight excluding hydrogens is 128 g/mol. The third-order valence-corrected chi connectivity index (χ3v) is 1.85. The summed E-state index contributed by atoms with van der Waals surface area (Å²) < 4.78 is 10.9. The highest BCUT2D eigenvalue weighted by atomic mass is 16.7. The summed E-state index contributed by atoms with van der Waals surface area (Å²) in [4.78, 5) is 0. The van der Waals surface area contributed by atoms with E-state index >= 15 is 0 Å². The van der Waals surface area contributed by atoms with Crippen LogP contribution in [0.4, 0.5) is 0 Å². The molecule has 2 unspecified atom stereocenters. The Balaban J connectivity index is 2.28. The van der Waals surface area contributed by atoms with Crippen molar-refractivity contribution >= 4 is 0 Å². The average molecular weight is 144 g/mol. The minimum Gasteiger partial charge on any atom is -0.350 e. The van der Waals surface area contributed by atoms with Crippen LogP contribution in [0.1, 0.15) is 27.2 Å². The molecule has 0 saturated carbocycles. The van der Waals surface area contributed by atoms with E-state index in [9.17, 15) is 0 Å². The number of rotatable bonds is 2. The minimum atomic E-state index is 0.0624. The first-order valence-electron chi connectivity index (χ1n) is 4.01. The predicted octanol–water partition coefficient (Wildman–Crippen LogP) is 1.79. The van der Waals surface area contributed by atoms with E-state index in [1.54, 1.807) is 0 Å². The lowest BCUT2D eigenvalue weighted by molar-refractivity contribution is -0.0653. The normalized spacial score (nSPS) is 33.6. The molecule has 1 saturated heterocycles. The van der Waals surface area contributed by atoms with Crippen molar-refractivity contribution in [2.45, 2.75) is 39.6 Å². The van der Waals surface area contributed by atoms with Gasteiger partial charge in [0.2, 0.25) is 0 Å². The molecule has 10 heavy (non-hydrogen) atoms. The Bertz CT molecular complexity index is 101. The maximum absolute atomic E-state index is 5.55. The molecular formula is C8H16O2. The molecule has 0 aliphatic carbocycles. The lowest BCUT2D eigenvalue weighted by atomic mass is 10.1. The zero-order chi connectivity index (χ0) is 7.56. The van der Waals surface area contributed by atoms with E-state index in [1.807, 2.05) is 0 Å². The summed E-state index contributed by atoms with van der Waals surface area (Å²) in [5, 5.41) is 0. The van der Waals surface area contributed by atoms with E-state index in [0.29, 0.717) is 12.0 Å². The van der Waals surface area contributed by atoms with E-state index in [2.05, 4.69) is 20.8 Å². The van der Waals surface area contributed by atoms with Gasteiger partial charge in [-0.05, 0) is 12.3 Å². The van der Waals surface area contributed by atoms with Gasteiger partial charge in [-0.25, -0.2) is 0 Å². The zero-order valence-corrected chi connectivity index (χ0v) is 6.96. The highest BCUT2D eigenvalue weighted by Gasteiger charge is 2.26.